The first-order chi connectivity index (χ1) is 13.7. The summed E-state index contributed by atoms with van der Waals surface area (Å²) >= 11 is 0. The fraction of sp³-hybridized carbons (Fsp3) is 0.292. The fourth-order valence-corrected chi connectivity index (χ4v) is 3.49. The van der Waals surface area contributed by atoms with Gasteiger partial charge < -0.3 is 4.40 Å². The highest BCUT2D eigenvalue weighted by Gasteiger charge is 2.09. The summed E-state index contributed by atoms with van der Waals surface area (Å²) in [7, 11) is 2.03. The quantitative estimate of drug-likeness (QED) is 0.349. The molecule has 4 heterocycles. The fourth-order valence-electron chi connectivity index (χ4n) is 3.49. The lowest BCUT2D eigenvalue weighted by atomic mass is 10.1. The van der Waals surface area contributed by atoms with Crippen molar-refractivity contribution >= 4 is 5.65 Å². The summed E-state index contributed by atoms with van der Waals surface area (Å²) in [6.45, 7) is 3.34. The molecule has 4 rings (SSSR count). The van der Waals surface area contributed by atoms with E-state index in [-0.39, 0.29) is 0 Å². The van der Waals surface area contributed by atoms with Crippen LogP contribution in [0.3, 0.4) is 0 Å². The van der Waals surface area contributed by atoms with E-state index in [4.69, 9.17) is 4.98 Å². The van der Waals surface area contributed by atoms with E-state index in [0.29, 0.717) is 0 Å². The summed E-state index contributed by atoms with van der Waals surface area (Å²) in [6.07, 6.45) is 17.8. The Bertz CT molecular complexity index is 1050. The third-order valence-corrected chi connectivity index (χ3v) is 5.23. The number of fused-ring (bicyclic) bond motifs is 1. The lowest BCUT2D eigenvalue weighted by Gasteiger charge is -2.00. The van der Waals surface area contributed by atoms with E-state index in [0.717, 1.165) is 23.4 Å². The number of rotatable bonds is 7. The minimum atomic E-state index is 0.969. The Kier molecular flexibility index (Phi) is 5.47. The van der Waals surface area contributed by atoms with Gasteiger partial charge in [-0.3, -0.25) is 0 Å². The second-order valence-electron chi connectivity index (χ2n) is 7.44. The zero-order valence-corrected chi connectivity index (χ0v) is 16.8. The van der Waals surface area contributed by atoms with Gasteiger partial charge in [0.2, 0.25) is 0 Å². The largest absolute Gasteiger partial charge is 0.306 e. The van der Waals surface area contributed by atoms with Crippen molar-refractivity contribution < 1.29 is 9.13 Å². The molecule has 4 aromatic rings. The average Bonchev–Trinajstić information content (AvgIpc) is 3.15. The van der Waals surface area contributed by atoms with Crippen LogP contribution in [0.2, 0.25) is 0 Å². The lowest BCUT2D eigenvalue weighted by Crippen LogP contribution is -2.32. The third-order valence-electron chi connectivity index (χ3n) is 5.23. The molecule has 4 heteroatoms. The average molecular weight is 373 g/mol. The van der Waals surface area contributed by atoms with Gasteiger partial charge >= 0.3 is 0 Å². The van der Waals surface area contributed by atoms with Crippen molar-refractivity contribution in [1.29, 1.82) is 0 Å². The highest BCUT2D eigenvalue weighted by atomic mass is 15.0. The van der Waals surface area contributed by atoms with Gasteiger partial charge in [-0.2, -0.15) is 0 Å². The van der Waals surface area contributed by atoms with Crippen LogP contribution in [-0.2, 0) is 13.6 Å². The second-order valence-corrected chi connectivity index (χ2v) is 7.44. The predicted molar refractivity (Wildman–Crippen MR) is 112 cm³/mol. The van der Waals surface area contributed by atoms with E-state index in [2.05, 4.69) is 89.5 Å². The van der Waals surface area contributed by atoms with Crippen LogP contribution in [0.5, 0.6) is 0 Å². The zero-order valence-electron chi connectivity index (χ0n) is 16.8. The maximum Gasteiger partial charge on any atom is 0.169 e. The molecular formula is C24H28N4+2. The maximum absolute atomic E-state index is 4.85. The highest BCUT2D eigenvalue weighted by Crippen LogP contribution is 2.23. The SMILES string of the molecule is CCCCCC[n+]1ccc(-c2cn3ccc(-c4cc[n+](C)cc4)cc3n2)cc1. The minimum Gasteiger partial charge on any atom is -0.306 e. The number of nitrogens with zero attached hydrogens (tertiary/aromatic N) is 4. The lowest BCUT2D eigenvalue weighted by molar-refractivity contribution is -0.697. The summed E-state index contributed by atoms with van der Waals surface area (Å²) < 4.78 is 6.40. The van der Waals surface area contributed by atoms with Gasteiger partial charge in [0.05, 0.1) is 5.69 Å². The van der Waals surface area contributed by atoms with Crippen molar-refractivity contribution in [2.24, 2.45) is 7.05 Å². The van der Waals surface area contributed by atoms with Gasteiger partial charge in [0.1, 0.15) is 19.2 Å². The van der Waals surface area contributed by atoms with Gasteiger partial charge in [-0.25, -0.2) is 14.1 Å². The highest BCUT2D eigenvalue weighted by molar-refractivity contribution is 5.69. The van der Waals surface area contributed by atoms with E-state index >= 15 is 0 Å². The van der Waals surface area contributed by atoms with Crippen LogP contribution in [-0.4, -0.2) is 9.38 Å². The van der Waals surface area contributed by atoms with Crippen LogP contribution in [0.4, 0.5) is 0 Å². The zero-order chi connectivity index (χ0) is 19.3. The summed E-state index contributed by atoms with van der Waals surface area (Å²) in [4.78, 5) is 4.85. The monoisotopic (exact) mass is 372 g/mol. The van der Waals surface area contributed by atoms with E-state index < -0.39 is 0 Å². The smallest absolute Gasteiger partial charge is 0.169 e. The summed E-state index contributed by atoms with van der Waals surface area (Å²) in [5.74, 6) is 0. The molecule has 0 N–H and O–H groups in total. The van der Waals surface area contributed by atoms with Gasteiger partial charge in [0, 0.05) is 48.6 Å². The van der Waals surface area contributed by atoms with Crippen LogP contribution in [0.15, 0.2) is 73.6 Å². The molecule has 0 unspecified atom stereocenters. The molecule has 4 aromatic heterocycles. The first-order valence-corrected chi connectivity index (χ1v) is 10.2. The maximum atomic E-state index is 4.85. The summed E-state index contributed by atoms with van der Waals surface area (Å²) in [5, 5.41) is 0. The van der Waals surface area contributed by atoms with Gasteiger partial charge in [0.15, 0.2) is 24.8 Å². The molecular weight excluding hydrogens is 344 g/mol. The van der Waals surface area contributed by atoms with Crippen molar-refractivity contribution in [2.75, 3.05) is 0 Å². The van der Waals surface area contributed by atoms with Crippen LogP contribution in [0.25, 0.3) is 28.0 Å². The predicted octanol–water partition coefficient (Wildman–Crippen LogP) is 4.36. The molecule has 0 bridgehead atoms. The Labute approximate surface area is 166 Å². The second kappa shape index (κ2) is 8.34. The molecule has 0 amide bonds. The van der Waals surface area contributed by atoms with Crippen molar-refractivity contribution in [2.45, 2.75) is 39.2 Å². The topological polar surface area (TPSA) is 25.1 Å². The number of hydrogen-bond donors (Lipinski definition) is 0. The van der Waals surface area contributed by atoms with Crippen molar-refractivity contribution in [1.82, 2.24) is 9.38 Å². The molecule has 0 radical (unpaired) electrons. The first kappa shape index (κ1) is 18.4. The number of imidazole rings is 1. The van der Waals surface area contributed by atoms with Gasteiger partial charge in [-0.1, -0.05) is 19.8 Å². The summed E-state index contributed by atoms with van der Waals surface area (Å²) in [6, 6.07) is 12.9. The molecule has 0 aliphatic heterocycles. The standard InChI is InChI=1S/C24H28N4/c1-3-4-5-6-12-27-15-9-21(10-16-27)23-19-28-17-11-22(18-24(28)25-23)20-7-13-26(2)14-8-20/h7-11,13-19H,3-6,12H2,1-2H3/q+2. The molecule has 4 nitrogen and oxygen atoms in total. The molecule has 0 atom stereocenters. The minimum absolute atomic E-state index is 0.969. The molecule has 0 fully saturated rings. The van der Waals surface area contributed by atoms with E-state index in [1.54, 1.807) is 0 Å². The molecule has 0 aliphatic rings. The Balaban J connectivity index is 1.53. The number of unbranched alkanes of at least 4 members (excludes halogenated alkanes) is 3. The van der Waals surface area contributed by atoms with Crippen molar-refractivity contribution in [3.05, 3.63) is 73.6 Å². The molecule has 0 aromatic carbocycles. The Morgan fingerprint density at radius 2 is 1.61 bits per heavy atom. The molecule has 0 spiro atoms. The van der Waals surface area contributed by atoms with Crippen LogP contribution < -0.4 is 9.13 Å². The molecule has 0 saturated carbocycles. The normalized spacial score (nSPS) is 11.2. The van der Waals surface area contributed by atoms with Crippen LogP contribution >= 0.6 is 0 Å². The summed E-state index contributed by atoms with van der Waals surface area (Å²) in [5.41, 5.74) is 5.52. The molecule has 28 heavy (non-hydrogen) atoms. The van der Waals surface area contributed by atoms with E-state index in [9.17, 15) is 0 Å². The van der Waals surface area contributed by atoms with Crippen molar-refractivity contribution in [3.8, 4) is 22.4 Å². The number of aryl methyl sites for hydroxylation is 2. The van der Waals surface area contributed by atoms with Crippen molar-refractivity contribution in [3.63, 3.8) is 0 Å². The Morgan fingerprint density at radius 3 is 2.36 bits per heavy atom. The first-order valence-electron chi connectivity index (χ1n) is 10.2. The van der Waals surface area contributed by atoms with Gasteiger partial charge in [0.25, 0.3) is 0 Å². The Hall–Kier alpha value is -3.01. The number of pyridine rings is 3. The number of aromatic nitrogens is 4. The van der Waals surface area contributed by atoms with Crippen LogP contribution in [0.1, 0.15) is 32.6 Å². The Morgan fingerprint density at radius 1 is 0.857 bits per heavy atom. The van der Waals surface area contributed by atoms with Crippen LogP contribution in [0, 0.1) is 0 Å². The van der Waals surface area contributed by atoms with Gasteiger partial charge in [-0.05, 0) is 29.7 Å². The molecule has 142 valence electrons. The molecule has 0 aliphatic carbocycles. The molecule has 0 saturated heterocycles. The number of hydrogen-bond acceptors (Lipinski definition) is 1. The van der Waals surface area contributed by atoms with E-state index in [1.807, 2.05) is 11.6 Å². The van der Waals surface area contributed by atoms with E-state index in [1.165, 1.54) is 36.8 Å². The third kappa shape index (κ3) is 4.11. The van der Waals surface area contributed by atoms with Gasteiger partial charge in [-0.15, -0.1) is 0 Å².